The number of thioether (sulfide) groups is 1. The molecule has 0 spiro atoms. The van der Waals surface area contributed by atoms with Crippen LogP contribution in [-0.4, -0.2) is 29.2 Å². The molecule has 13 heteroatoms. The molecule has 3 heterocycles. The lowest BCUT2D eigenvalue weighted by Crippen LogP contribution is -2.42. The molecule has 4 aliphatic rings. The van der Waals surface area contributed by atoms with Gasteiger partial charge in [-0.05, 0) is 77.8 Å². The first-order chi connectivity index (χ1) is 22.5. The number of anilines is 1. The molecular weight excluding hydrogens is 673 g/mol. The zero-order valence-corrected chi connectivity index (χ0v) is 27.0. The number of methoxy groups -OCH3 is 1. The number of hydrogen-bond acceptors (Lipinski definition) is 7. The van der Waals surface area contributed by atoms with Crippen LogP contribution in [-0.2, 0) is 22.4 Å². The van der Waals surface area contributed by atoms with Crippen molar-refractivity contribution < 1.29 is 32.2 Å². The SMILES string of the molecule is COc1cc(C2c3sc(=O)[nH]c3SC3C2[C@H]2C[C@@H]3C3C(=O)N(c4cccc(C(F)(F)F)c4)C(=O)C32)ccc1OCc1cccc(Cl)c1. The number of nitrogens with zero attached hydrogens (tertiary/aromatic N) is 1. The van der Waals surface area contributed by atoms with Crippen LogP contribution in [0.25, 0.3) is 0 Å². The van der Waals surface area contributed by atoms with Crippen LogP contribution in [0, 0.1) is 29.6 Å². The number of thiazole rings is 1. The van der Waals surface area contributed by atoms with E-state index >= 15 is 0 Å². The summed E-state index contributed by atoms with van der Waals surface area (Å²) in [5.41, 5.74) is 0.808. The molecule has 5 unspecified atom stereocenters. The van der Waals surface area contributed by atoms with Crippen LogP contribution in [0.1, 0.15) is 33.9 Å². The Balaban J connectivity index is 1.14. The number of carbonyl (C=O) groups excluding carboxylic acids is 2. The molecule has 2 amide bonds. The zero-order chi connectivity index (χ0) is 32.8. The van der Waals surface area contributed by atoms with E-state index in [2.05, 4.69) is 4.98 Å². The second-order valence-electron chi connectivity index (χ2n) is 12.3. The highest BCUT2D eigenvalue weighted by molar-refractivity contribution is 8.00. The van der Waals surface area contributed by atoms with Crippen molar-refractivity contribution in [1.82, 2.24) is 4.98 Å². The van der Waals surface area contributed by atoms with Gasteiger partial charge in [0.05, 0.1) is 35.2 Å². The van der Waals surface area contributed by atoms with Crippen molar-refractivity contribution in [3.05, 3.63) is 103 Å². The Kier molecular flexibility index (Phi) is 7.27. The maximum absolute atomic E-state index is 14.0. The monoisotopic (exact) mass is 698 g/mol. The first kappa shape index (κ1) is 30.6. The normalized spacial score (nSPS) is 27.5. The van der Waals surface area contributed by atoms with E-state index in [1.165, 1.54) is 12.1 Å². The fraction of sp³-hybridized carbons (Fsp3) is 0.324. The van der Waals surface area contributed by atoms with Crippen LogP contribution in [0.15, 0.2) is 76.6 Å². The molecule has 47 heavy (non-hydrogen) atoms. The highest BCUT2D eigenvalue weighted by Gasteiger charge is 2.69. The van der Waals surface area contributed by atoms with Crippen molar-refractivity contribution in [3.63, 3.8) is 0 Å². The van der Waals surface area contributed by atoms with Crippen LogP contribution in [0.4, 0.5) is 18.9 Å². The predicted molar refractivity (Wildman–Crippen MR) is 171 cm³/mol. The highest BCUT2D eigenvalue weighted by atomic mass is 35.5. The molecule has 2 bridgehead atoms. The van der Waals surface area contributed by atoms with E-state index in [0.29, 0.717) is 22.9 Å². The lowest BCUT2D eigenvalue weighted by molar-refractivity contribution is -0.137. The third-order valence-electron chi connectivity index (χ3n) is 9.99. The van der Waals surface area contributed by atoms with Gasteiger partial charge in [-0.1, -0.05) is 47.2 Å². The molecular formula is C34H26ClF3N2O5S2. The van der Waals surface area contributed by atoms with E-state index in [4.69, 9.17) is 21.1 Å². The minimum Gasteiger partial charge on any atom is -0.493 e. The smallest absolute Gasteiger partial charge is 0.416 e. The average molecular weight is 699 g/mol. The lowest BCUT2D eigenvalue weighted by atomic mass is 9.68. The fourth-order valence-electron chi connectivity index (χ4n) is 8.25. The van der Waals surface area contributed by atoms with E-state index in [1.807, 2.05) is 36.4 Å². The van der Waals surface area contributed by atoms with Gasteiger partial charge >= 0.3 is 11.0 Å². The summed E-state index contributed by atoms with van der Waals surface area (Å²) in [5, 5.41) is 1.28. The average Bonchev–Trinajstić information content (AvgIpc) is 3.78. The number of imide groups is 1. The second-order valence-corrected chi connectivity index (χ2v) is 15.0. The van der Waals surface area contributed by atoms with Crippen molar-refractivity contribution in [2.24, 2.45) is 29.6 Å². The molecule has 7 atom stereocenters. The number of halogens is 4. The molecule has 7 nitrogen and oxygen atoms in total. The number of rotatable bonds is 6. The summed E-state index contributed by atoms with van der Waals surface area (Å²) >= 11 is 8.81. The number of hydrogen-bond donors (Lipinski definition) is 1. The van der Waals surface area contributed by atoms with Crippen molar-refractivity contribution >= 4 is 52.2 Å². The molecule has 0 radical (unpaired) electrons. The topological polar surface area (TPSA) is 88.7 Å². The second kappa shape index (κ2) is 11.2. The molecule has 4 aromatic rings. The van der Waals surface area contributed by atoms with Gasteiger partial charge in [0.15, 0.2) is 11.5 Å². The van der Waals surface area contributed by atoms with Crippen molar-refractivity contribution in [3.8, 4) is 11.5 Å². The third kappa shape index (κ3) is 4.90. The zero-order valence-electron chi connectivity index (χ0n) is 24.6. The molecule has 2 aliphatic heterocycles. The Labute approximate surface area is 280 Å². The molecule has 1 aromatic heterocycles. The van der Waals surface area contributed by atoms with Crippen LogP contribution in [0.2, 0.25) is 5.02 Å². The number of alkyl halides is 3. The molecule has 1 saturated heterocycles. The summed E-state index contributed by atoms with van der Waals surface area (Å²) in [5.74, 6) is -1.87. The van der Waals surface area contributed by atoms with Crippen LogP contribution in [0.3, 0.4) is 0 Å². The van der Waals surface area contributed by atoms with Gasteiger partial charge in [-0.15, -0.1) is 11.8 Å². The van der Waals surface area contributed by atoms with E-state index in [1.54, 1.807) is 24.9 Å². The first-order valence-corrected chi connectivity index (χ1v) is 17.1. The van der Waals surface area contributed by atoms with Crippen molar-refractivity contribution in [2.75, 3.05) is 12.0 Å². The molecule has 8 rings (SSSR count). The Morgan fingerprint density at radius 2 is 1.72 bits per heavy atom. The van der Waals surface area contributed by atoms with Gasteiger partial charge in [0.2, 0.25) is 11.8 Å². The Morgan fingerprint density at radius 3 is 2.47 bits per heavy atom. The number of benzene rings is 3. The lowest BCUT2D eigenvalue weighted by Gasteiger charge is -2.43. The number of H-pyrrole nitrogens is 1. The van der Waals surface area contributed by atoms with Gasteiger partial charge < -0.3 is 14.5 Å². The molecule has 1 N–H and O–H groups in total. The summed E-state index contributed by atoms with van der Waals surface area (Å²) in [4.78, 5) is 45.1. The largest absolute Gasteiger partial charge is 0.493 e. The first-order valence-electron chi connectivity index (χ1n) is 15.0. The number of aromatic amines is 1. The van der Waals surface area contributed by atoms with E-state index < -0.39 is 35.4 Å². The number of nitrogens with one attached hydrogen (secondary N) is 1. The Hall–Kier alpha value is -3.74. The summed E-state index contributed by atoms with van der Waals surface area (Å²) in [6, 6.07) is 17.4. The molecule has 242 valence electrons. The summed E-state index contributed by atoms with van der Waals surface area (Å²) < 4.78 is 52.4. The Bertz CT molecular complexity index is 2000. The summed E-state index contributed by atoms with van der Waals surface area (Å²) in [6.45, 7) is 0.274. The van der Waals surface area contributed by atoms with Crippen LogP contribution in [0.5, 0.6) is 11.5 Å². The van der Waals surface area contributed by atoms with Crippen molar-refractivity contribution in [2.45, 2.75) is 35.4 Å². The minimum absolute atomic E-state index is 0.0580. The standard InChI is InChI=1S/C34H26ClF3N2O5S2/c1-44-23-11-16(8-9-22(23)45-14-15-4-2-6-18(35)10-15)24-25-20-13-21(28(25)46-30-29(24)47-33(43)39-30)27-26(20)31(41)40(32(27)42)19-7-3-5-17(12-19)34(36,37)38/h2-12,20-21,24-28H,13-14H2,1H3,(H,39,43)/t20-,21-,24?,25?,26?,27?,28?/m1/s1. The summed E-state index contributed by atoms with van der Waals surface area (Å²) in [6.07, 6.45) is -3.96. The number of carbonyl (C=O) groups is 2. The number of amides is 2. The van der Waals surface area contributed by atoms with Gasteiger partial charge in [-0.3, -0.25) is 19.3 Å². The predicted octanol–water partition coefficient (Wildman–Crippen LogP) is 7.37. The van der Waals surface area contributed by atoms with E-state index in [-0.39, 0.29) is 46.1 Å². The van der Waals surface area contributed by atoms with Gasteiger partial charge in [-0.25, -0.2) is 0 Å². The molecule has 3 fully saturated rings. The number of aromatic nitrogens is 1. The van der Waals surface area contributed by atoms with E-state index in [0.717, 1.165) is 49.4 Å². The number of ether oxygens (including phenoxy) is 2. The number of fused-ring (bicyclic) bond motifs is 9. The van der Waals surface area contributed by atoms with Gasteiger partial charge in [0, 0.05) is 21.1 Å². The van der Waals surface area contributed by atoms with Crippen molar-refractivity contribution in [1.29, 1.82) is 0 Å². The third-order valence-corrected chi connectivity index (χ3v) is 12.8. The quantitative estimate of drug-likeness (QED) is 0.212. The van der Waals surface area contributed by atoms with E-state index in [9.17, 15) is 27.6 Å². The Morgan fingerprint density at radius 1 is 0.957 bits per heavy atom. The van der Waals surface area contributed by atoms with Gasteiger partial charge in [0.1, 0.15) is 6.61 Å². The molecule has 3 aromatic carbocycles. The van der Waals surface area contributed by atoms with Gasteiger partial charge in [0.25, 0.3) is 0 Å². The van der Waals surface area contributed by atoms with Crippen LogP contribution >= 0.6 is 34.7 Å². The maximum atomic E-state index is 14.0. The summed E-state index contributed by atoms with van der Waals surface area (Å²) in [7, 11) is 1.55. The molecule has 2 saturated carbocycles. The molecule has 2 aliphatic carbocycles. The minimum atomic E-state index is -4.61. The van der Waals surface area contributed by atoms with Gasteiger partial charge in [-0.2, -0.15) is 13.2 Å². The fourth-order valence-corrected chi connectivity index (χ4v) is 11.4. The van der Waals surface area contributed by atoms with Crippen LogP contribution < -0.4 is 19.2 Å². The highest BCUT2D eigenvalue weighted by Crippen LogP contribution is 2.69. The maximum Gasteiger partial charge on any atom is 0.416 e.